The summed E-state index contributed by atoms with van der Waals surface area (Å²) in [5.41, 5.74) is 2.29. The van der Waals surface area contributed by atoms with Crippen LogP contribution in [0, 0.1) is 17.0 Å². The van der Waals surface area contributed by atoms with E-state index in [1.165, 1.54) is 30.3 Å². The van der Waals surface area contributed by atoms with Gasteiger partial charge in [0.1, 0.15) is 0 Å². The van der Waals surface area contributed by atoms with Crippen LogP contribution in [-0.4, -0.2) is 31.1 Å². The van der Waals surface area contributed by atoms with Gasteiger partial charge in [-0.05, 0) is 25.1 Å². The molecule has 9 nitrogen and oxygen atoms in total. The summed E-state index contributed by atoms with van der Waals surface area (Å²) in [4.78, 5) is 27.9. The van der Waals surface area contributed by atoms with E-state index in [1.807, 2.05) is 6.92 Å². The summed E-state index contributed by atoms with van der Waals surface area (Å²) in [6, 6.07) is 18.7. The van der Waals surface area contributed by atoms with E-state index in [9.17, 15) is 23.3 Å². The molecular formula is C22H18N4O5S. The maximum atomic E-state index is 12.9. The van der Waals surface area contributed by atoms with Crippen LogP contribution in [0.25, 0.3) is 0 Å². The van der Waals surface area contributed by atoms with Crippen LogP contribution in [0.3, 0.4) is 0 Å². The number of anilines is 1. The lowest BCUT2D eigenvalue weighted by molar-refractivity contribution is -0.384. The van der Waals surface area contributed by atoms with Crippen LogP contribution < -0.4 is 10.0 Å². The zero-order chi connectivity index (χ0) is 22.9. The molecule has 4 rings (SSSR count). The molecule has 2 N–H and O–H groups in total. The standard InChI is InChI=1S/C22H18N4O5S/c1-14-9-11-17(12-10-14)32(30,31)25-21-22(27)23-19-8-3-2-7-18(19)20(24-21)15-5-4-6-16(13-15)26(28)29/h2-13,21,25H,1H3,(H,23,27). The van der Waals surface area contributed by atoms with Crippen molar-refractivity contribution in [3.63, 3.8) is 0 Å². The molecule has 32 heavy (non-hydrogen) atoms. The van der Waals surface area contributed by atoms with Gasteiger partial charge in [-0.2, -0.15) is 4.72 Å². The number of sulfonamides is 1. The number of rotatable bonds is 5. The molecule has 1 unspecified atom stereocenters. The Bertz CT molecular complexity index is 1350. The molecule has 3 aromatic carbocycles. The van der Waals surface area contributed by atoms with Crippen molar-refractivity contribution < 1.29 is 18.1 Å². The van der Waals surface area contributed by atoms with E-state index in [0.717, 1.165) is 5.56 Å². The molecule has 0 saturated heterocycles. The molecular weight excluding hydrogens is 432 g/mol. The first-order chi connectivity index (χ1) is 15.2. The number of carbonyl (C=O) groups excluding carboxylic acids is 1. The lowest BCUT2D eigenvalue weighted by Crippen LogP contribution is -2.42. The Kier molecular flexibility index (Phi) is 5.56. The predicted octanol–water partition coefficient (Wildman–Crippen LogP) is 3.00. The van der Waals surface area contributed by atoms with Crippen molar-refractivity contribution in [3.05, 3.63) is 99.6 Å². The molecule has 0 aliphatic carbocycles. The SMILES string of the molecule is Cc1ccc(S(=O)(=O)NC2N=C(c3cccc([N+](=O)[O-])c3)c3ccccc3NC2=O)cc1. The number of amides is 1. The van der Waals surface area contributed by atoms with Gasteiger partial charge in [-0.15, -0.1) is 0 Å². The molecule has 0 fully saturated rings. The van der Waals surface area contributed by atoms with Crippen LogP contribution in [0.15, 0.2) is 82.7 Å². The van der Waals surface area contributed by atoms with E-state index < -0.39 is 27.0 Å². The summed E-state index contributed by atoms with van der Waals surface area (Å²) in [5, 5.41) is 13.9. The first kappa shape index (κ1) is 21.3. The molecule has 0 spiro atoms. The monoisotopic (exact) mass is 450 g/mol. The number of aryl methyl sites for hydroxylation is 1. The predicted molar refractivity (Wildman–Crippen MR) is 119 cm³/mol. The molecule has 0 bridgehead atoms. The van der Waals surface area contributed by atoms with E-state index >= 15 is 0 Å². The molecule has 10 heteroatoms. The van der Waals surface area contributed by atoms with Gasteiger partial charge in [-0.3, -0.25) is 19.9 Å². The molecule has 162 valence electrons. The maximum absolute atomic E-state index is 12.9. The van der Waals surface area contributed by atoms with Crippen molar-refractivity contribution in [3.8, 4) is 0 Å². The Hall–Kier alpha value is -3.89. The van der Waals surface area contributed by atoms with Crippen LogP contribution in [0.5, 0.6) is 0 Å². The van der Waals surface area contributed by atoms with Crippen molar-refractivity contribution in [2.24, 2.45) is 4.99 Å². The number of carbonyl (C=O) groups is 1. The summed E-state index contributed by atoms with van der Waals surface area (Å²) in [7, 11) is -4.07. The Labute approximate surface area is 184 Å². The summed E-state index contributed by atoms with van der Waals surface area (Å²) < 4.78 is 28.1. The summed E-state index contributed by atoms with van der Waals surface area (Å²) in [6.45, 7) is 1.83. The van der Waals surface area contributed by atoms with E-state index in [-0.39, 0.29) is 16.3 Å². The van der Waals surface area contributed by atoms with Gasteiger partial charge < -0.3 is 5.32 Å². The number of benzodiazepines with no additional fused rings is 1. The lowest BCUT2D eigenvalue weighted by Gasteiger charge is -2.14. The van der Waals surface area contributed by atoms with Crippen LogP contribution >= 0.6 is 0 Å². The highest BCUT2D eigenvalue weighted by atomic mass is 32.2. The number of aliphatic imine (C=N–C) groups is 1. The molecule has 0 saturated carbocycles. The smallest absolute Gasteiger partial charge is 0.270 e. The first-order valence-corrected chi connectivity index (χ1v) is 11.0. The van der Waals surface area contributed by atoms with Gasteiger partial charge in [-0.1, -0.05) is 48.0 Å². The van der Waals surface area contributed by atoms with Gasteiger partial charge in [0, 0.05) is 23.3 Å². The number of hydrogen-bond donors (Lipinski definition) is 2. The number of nitro benzene ring substituents is 1. The second-order valence-electron chi connectivity index (χ2n) is 7.16. The third-order valence-corrected chi connectivity index (χ3v) is 6.30. The minimum Gasteiger partial charge on any atom is -0.322 e. The average molecular weight is 450 g/mol. The molecule has 3 aromatic rings. The summed E-state index contributed by atoms with van der Waals surface area (Å²) in [6.07, 6.45) is -1.48. The minimum absolute atomic E-state index is 0.00948. The Balaban J connectivity index is 1.81. The van der Waals surface area contributed by atoms with Crippen molar-refractivity contribution >= 4 is 33.0 Å². The van der Waals surface area contributed by atoms with E-state index in [4.69, 9.17) is 0 Å². The van der Waals surface area contributed by atoms with Crippen LogP contribution in [0.2, 0.25) is 0 Å². The van der Waals surface area contributed by atoms with Gasteiger partial charge >= 0.3 is 0 Å². The Morgan fingerprint density at radius 1 is 1.03 bits per heavy atom. The number of nitro groups is 1. The highest BCUT2D eigenvalue weighted by Gasteiger charge is 2.30. The lowest BCUT2D eigenvalue weighted by atomic mass is 10.0. The third kappa shape index (κ3) is 4.27. The quantitative estimate of drug-likeness (QED) is 0.456. The van der Waals surface area contributed by atoms with Gasteiger partial charge in [-0.25, -0.2) is 8.42 Å². The molecule has 1 aliphatic rings. The molecule has 0 aromatic heterocycles. The van der Waals surface area contributed by atoms with E-state index in [1.54, 1.807) is 42.5 Å². The van der Waals surface area contributed by atoms with Crippen LogP contribution in [-0.2, 0) is 14.8 Å². The topological polar surface area (TPSA) is 131 Å². The zero-order valence-corrected chi connectivity index (χ0v) is 17.7. The second-order valence-corrected chi connectivity index (χ2v) is 8.87. The molecule has 1 aliphatic heterocycles. The average Bonchev–Trinajstić information content (AvgIpc) is 2.90. The number of fused-ring (bicyclic) bond motifs is 1. The van der Waals surface area contributed by atoms with Crippen LogP contribution in [0.4, 0.5) is 11.4 Å². The number of non-ortho nitro benzene ring substituents is 1. The molecule has 1 atom stereocenters. The highest BCUT2D eigenvalue weighted by molar-refractivity contribution is 7.89. The normalized spacial score (nSPS) is 15.8. The van der Waals surface area contributed by atoms with Gasteiger partial charge in [0.15, 0.2) is 6.17 Å². The van der Waals surface area contributed by atoms with Gasteiger partial charge in [0.05, 0.1) is 21.2 Å². The Morgan fingerprint density at radius 2 is 1.75 bits per heavy atom. The summed E-state index contributed by atoms with van der Waals surface area (Å²) >= 11 is 0. The van der Waals surface area contributed by atoms with Gasteiger partial charge in [0.25, 0.3) is 11.6 Å². The van der Waals surface area contributed by atoms with Crippen molar-refractivity contribution in [2.75, 3.05) is 5.32 Å². The Morgan fingerprint density at radius 3 is 2.47 bits per heavy atom. The molecule has 1 heterocycles. The number of nitrogens with zero attached hydrogens (tertiary/aromatic N) is 2. The fourth-order valence-corrected chi connectivity index (χ4v) is 4.35. The fraction of sp³-hybridized carbons (Fsp3) is 0.0909. The second kappa shape index (κ2) is 8.33. The number of benzene rings is 3. The minimum atomic E-state index is -4.07. The van der Waals surface area contributed by atoms with Gasteiger partial charge in [0.2, 0.25) is 10.0 Å². The largest absolute Gasteiger partial charge is 0.322 e. The third-order valence-electron chi connectivity index (χ3n) is 4.88. The number of hydrogen-bond acceptors (Lipinski definition) is 6. The van der Waals surface area contributed by atoms with Crippen LogP contribution in [0.1, 0.15) is 16.7 Å². The zero-order valence-electron chi connectivity index (χ0n) is 16.8. The van der Waals surface area contributed by atoms with Crippen molar-refractivity contribution in [1.82, 2.24) is 4.72 Å². The summed E-state index contributed by atoms with van der Waals surface area (Å²) in [5.74, 6) is -0.673. The van der Waals surface area contributed by atoms with E-state index in [2.05, 4.69) is 15.0 Å². The first-order valence-electron chi connectivity index (χ1n) is 9.56. The molecule has 1 amide bonds. The van der Waals surface area contributed by atoms with Crippen molar-refractivity contribution in [1.29, 1.82) is 0 Å². The maximum Gasteiger partial charge on any atom is 0.270 e. The number of nitrogens with one attached hydrogen (secondary N) is 2. The van der Waals surface area contributed by atoms with Crippen molar-refractivity contribution in [2.45, 2.75) is 18.0 Å². The highest BCUT2D eigenvalue weighted by Crippen LogP contribution is 2.26. The fourth-order valence-electron chi connectivity index (χ4n) is 3.27. The number of para-hydroxylation sites is 1. The van der Waals surface area contributed by atoms with E-state index in [0.29, 0.717) is 16.8 Å². The molecule has 0 radical (unpaired) electrons.